The van der Waals surface area contributed by atoms with Crippen molar-refractivity contribution in [3.8, 4) is 11.1 Å². The van der Waals surface area contributed by atoms with Crippen molar-refractivity contribution in [2.45, 2.75) is 38.0 Å². The topological polar surface area (TPSA) is 62.2 Å². The third kappa shape index (κ3) is 3.54. The van der Waals surface area contributed by atoms with Gasteiger partial charge in [0, 0.05) is 56.3 Å². The summed E-state index contributed by atoms with van der Waals surface area (Å²) in [6, 6.07) is 4.18. The Balaban J connectivity index is 1.54. The Bertz CT molecular complexity index is 745. The summed E-state index contributed by atoms with van der Waals surface area (Å²) >= 11 is 0. The zero-order valence-electron chi connectivity index (χ0n) is 15.0. The molecule has 2 aliphatic heterocycles. The van der Waals surface area contributed by atoms with Gasteiger partial charge >= 0.3 is 6.03 Å². The number of hydrogen-bond donors (Lipinski definition) is 0. The smallest absolute Gasteiger partial charge is 0.320 e. The van der Waals surface area contributed by atoms with Gasteiger partial charge in [0.05, 0.1) is 5.69 Å². The summed E-state index contributed by atoms with van der Waals surface area (Å²) in [6.45, 7) is 3.39. The van der Waals surface area contributed by atoms with E-state index >= 15 is 0 Å². The Hall–Kier alpha value is -2.50. The minimum absolute atomic E-state index is 0.203. The normalized spacial score (nSPS) is 20.8. The first-order valence-electron chi connectivity index (χ1n) is 9.57. The molecule has 0 bridgehead atoms. The number of hydrogen-bond acceptors (Lipinski definition) is 4. The molecule has 0 spiro atoms. The number of rotatable bonds is 2. The van der Waals surface area contributed by atoms with Crippen LogP contribution >= 0.6 is 0 Å². The summed E-state index contributed by atoms with van der Waals surface area (Å²) in [5.74, 6) is 0.253. The lowest BCUT2D eigenvalue weighted by Gasteiger charge is -2.37. The third-order valence-electron chi connectivity index (χ3n) is 5.44. The molecule has 4 rings (SSSR count). The summed E-state index contributed by atoms with van der Waals surface area (Å²) in [5, 5.41) is 0. The number of amides is 2. The highest BCUT2D eigenvalue weighted by Crippen LogP contribution is 2.32. The molecule has 0 saturated carbocycles. The van der Waals surface area contributed by atoms with E-state index in [0.29, 0.717) is 0 Å². The van der Waals surface area contributed by atoms with Gasteiger partial charge in [-0.2, -0.15) is 0 Å². The second kappa shape index (κ2) is 7.81. The molecule has 2 amide bonds. The van der Waals surface area contributed by atoms with Gasteiger partial charge in [-0.25, -0.2) is 14.8 Å². The SMILES string of the molecule is O=C(N1CCCCC1)N1CCCC(c2ncncc2-c2ccncc2)C1. The number of aromatic nitrogens is 3. The van der Waals surface area contributed by atoms with Crippen molar-refractivity contribution < 1.29 is 4.79 Å². The van der Waals surface area contributed by atoms with Crippen molar-refractivity contribution in [3.63, 3.8) is 0 Å². The van der Waals surface area contributed by atoms with Crippen LogP contribution in [0, 0.1) is 0 Å². The van der Waals surface area contributed by atoms with E-state index in [2.05, 4.69) is 15.0 Å². The molecule has 26 heavy (non-hydrogen) atoms. The number of urea groups is 1. The molecule has 0 aliphatic carbocycles. The zero-order valence-corrected chi connectivity index (χ0v) is 15.0. The number of likely N-dealkylation sites (tertiary alicyclic amines) is 2. The Morgan fingerprint density at radius 3 is 2.54 bits per heavy atom. The van der Waals surface area contributed by atoms with Gasteiger partial charge in [0.1, 0.15) is 6.33 Å². The minimum Gasteiger partial charge on any atom is -0.325 e. The average molecular weight is 351 g/mol. The van der Waals surface area contributed by atoms with Crippen molar-refractivity contribution >= 4 is 6.03 Å². The lowest BCUT2D eigenvalue weighted by molar-refractivity contribution is 0.130. The fraction of sp³-hybridized carbons (Fsp3) is 0.500. The van der Waals surface area contributed by atoms with Gasteiger partial charge in [0.2, 0.25) is 0 Å². The van der Waals surface area contributed by atoms with E-state index < -0.39 is 0 Å². The number of carbonyl (C=O) groups is 1. The van der Waals surface area contributed by atoms with Crippen molar-refractivity contribution in [3.05, 3.63) is 42.7 Å². The van der Waals surface area contributed by atoms with Crippen LogP contribution in [-0.4, -0.2) is 57.0 Å². The van der Waals surface area contributed by atoms with E-state index in [1.54, 1.807) is 18.7 Å². The standard InChI is InChI=1S/C20H25N5O/c26-20(24-10-2-1-3-11-24)25-12-4-5-17(14-25)19-18(13-22-15-23-19)16-6-8-21-9-7-16/h6-9,13,15,17H,1-5,10-12,14H2. The molecule has 2 saturated heterocycles. The molecular weight excluding hydrogens is 326 g/mol. The summed E-state index contributed by atoms with van der Waals surface area (Å²) in [6.07, 6.45) is 12.6. The quantitative estimate of drug-likeness (QED) is 0.833. The van der Waals surface area contributed by atoms with E-state index in [4.69, 9.17) is 0 Å². The largest absolute Gasteiger partial charge is 0.325 e. The van der Waals surface area contributed by atoms with Gasteiger partial charge in [-0.3, -0.25) is 4.98 Å². The maximum Gasteiger partial charge on any atom is 0.320 e. The molecule has 0 radical (unpaired) electrons. The van der Waals surface area contributed by atoms with Gasteiger partial charge in [0.25, 0.3) is 0 Å². The third-order valence-corrected chi connectivity index (χ3v) is 5.44. The van der Waals surface area contributed by atoms with E-state index in [1.165, 1.54) is 6.42 Å². The van der Waals surface area contributed by atoms with Crippen LogP contribution in [-0.2, 0) is 0 Å². The highest BCUT2D eigenvalue weighted by Gasteiger charge is 2.30. The van der Waals surface area contributed by atoms with Crippen molar-refractivity contribution in [2.24, 2.45) is 0 Å². The van der Waals surface area contributed by atoms with Crippen LogP contribution in [0.1, 0.15) is 43.7 Å². The lowest BCUT2D eigenvalue weighted by Crippen LogP contribution is -2.48. The van der Waals surface area contributed by atoms with Crippen LogP contribution < -0.4 is 0 Å². The van der Waals surface area contributed by atoms with Crippen molar-refractivity contribution in [1.29, 1.82) is 0 Å². The van der Waals surface area contributed by atoms with E-state index in [1.807, 2.05) is 28.1 Å². The molecule has 6 heteroatoms. The molecule has 1 unspecified atom stereocenters. The van der Waals surface area contributed by atoms with Gasteiger partial charge in [-0.15, -0.1) is 0 Å². The summed E-state index contributed by atoms with van der Waals surface area (Å²) < 4.78 is 0. The van der Waals surface area contributed by atoms with Gasteiger partial charge in [-0.05, 0) is 49.8 Å². The van der Waals surface area contributed by atoms with E-state index in [9.17, 15) is 4.79 Å². The fourth-order valence-electron chi connectivity index (χ4n) is 4.08. The predicted molar refractivity (Wildman–Crippen MR) is 99.6 cm³/mol. The van der Waals surface area contributed by atoms with Crippen LogP contribution in [0.4, 0.5) is 4.79 Å². The highest BCUT2D eigenvalue weighted by molar-refractivity contribution is 5.75. The van der Waals surface area contributed by atoms with Crippen LogP contribution in [0.2, 0.25) is 0 Å². The number of nitrogens with zero attached hydrogens (tertiary/aromatic N) is 5. The first-order valence-corrected chi connectivity index (χ1v) is 9.57. The van der Waals surface area contributed by atoms with Gasteiger partial charge < -0.3 is 9.80 Å². The number of piperidine rings is 2. The van der Waals surface area contributed by atoms with Crippen LogP contribution in [0.15, 0.2) is 37.1 Å². The Morgan fingerprint density at radius 1 is 0.962 bits per heavy atom. The summed E-state index contributed by atoms with van der Waals surface area (Å²) in [5.41, 5.74) is 3.17. The van der Waals surface area contributed by atoms with Gasteiger partial charge in [0.15, 0.2) is 0 Å². The molecule has 6 nitrogen and oxygen atoms in total. The van der Waals surface area contributed by atoms with Crippen LogP contribution in [0.25, 0.3) is 11.1 Å². The summed E-state index contributed by atoms with van der Waals surface area (Å²) in [7, 11) is 0. The molecule has 1 atom stereocenters. The number of pyridine rings is 1. The molecule has 2 aromatic rings. The minimum atomic E-state index is 0.203. The van der Waals surface area contributed by atoms with Crippen LogP contribution in [0.5, 0.6) is 0 Å². The van der Waals surface area contributed by atoms with E-state index in [-0.39, 0.29) is 11.9 Å². The first-order chi connectivity index (χ1) is 12.8. The lowest BCUT2D eigenvalue weighted by atomic mass is 9.90. The van der Waals surface area contributed by atoms with Crippen molar-refractivity contribution in [2.75, 3.05) is 26.2 Å². The van der Waals surface area contributed by atoms with Gasteiger partial charge in [-0.1, -0.05) is 0 Å². The zero-order chi connectivity index (χ0) is 17.8. The fourth-order valence-corrected chi connectivity index (χ4v) is 4.08. The Morgan fingerprint density at radius 2 is 1.73 bits per heavy atom. The monoisotopic (exact) mass is 351 g/mol. The molecule has 2 aliphatic rings. The molecule has 2 fully saturated rings. The van der Waals surface area contributed by atoms with Crippen molar-refractivity contribution in [1.82, 2.24) is 24.8 Å². The second-order valence-corrected chi connectivity index (χ2v) is 7.17. The maximum atomic E-state index is 12.9. The predicted octanol–water partition coefficient (Wildman–Crippen LogP) is 3.32. The second-order valence-electron chi connectivity index (χ2n) is 7.17. The highest BCUT2D eigenvalue weighted by atomic mass is 16.2. The average Bonchev–Trinajstić information content (AvgIpc) is 2.74. The maximum absolute atomic E-state index is 12.9. The first kappa shape index (κ1) is 16.9. The number of carbonyl (C=O) groups excluding carboxylic acids is 1. The Kier molecular flexibility index (Phi) is 5.09. The Labute approximate surface area is 154 Å². The molecular formula is C20H25N5O. The van der Waals surface area contributed by atoms with E-state index in [0.717, 1.165) is 68.7 Å². The molecule has 136 valence electrons. The molecule has 0 N–H and O–H groups in total. The van der Waals surface area contributed by atoms with Crippen LogP contribution in [0.3, 0.4) is 0 Å². The molecule has 4 heterocycles. The molecule has 2 aromatic heterocycles. The molecule has 0 aromatic carbocycles. The summed E-state index contributed by atoms with van der Waals surface area (Å²) in [4.78, 5) is 29.9.